The van der Waals surface area contributed by atoms with Crippen LogP contribution in [-0.2, 0) is 6.42 Å². The Balaban J connectivity index is 1.71. The predicted molar refractivity (Wildman–Crippen MR) is 80.2 cm³/mol. The zero-order valence-electron chi connectivity index (χ0n) is 12.3. The Morgan fingerprint density at radius 3 is 2.89 bits per heavy atom. The molecule has 1 aromatic heterocycles. The topological polar surface area (TPSA) is 28.2 Å². The number of likely N-dealkylation sites (N-methyl/N-ethyl adjacent to an activating group) is 1. The molecule has 0 saturated heterocycles. The Kier molecular flexibility index (Phi) is 5.80. The Hall–Kier alpha value is -0.930. The lowest BCUT2D eigenvalue weighted by Crippen LogP contribution is -2.42. The lowest BCUT2D eigenvalue weighted by molar-refractivity contribution is 0.275. The fourth-order valence-corrected chi connectivity index (χ4v) is 2.49. The van der Waals surface area contributed by atoms with Crippen molar-refractivity contribution in [3.8, 4) is 0 Å². The molecular formula is C16H27N3. The number of hydrogen-bond acceptors (Lipinski definition) is 3. The second-order valence-electron chi connectivity index (χ2n) is 5.73. The van der Waals surface area contributed by atoms with Crippen molar-refractivity contribution in [2.45, 2.75) is 38.6 Å². The van der Waals surface area contributed by atoms with Gasteiger partial charge >= 0.3 is 0 Å². The van der Waals surface area contributed by atoms with E-state index in [0.29, 0.717) is 6.04 Å². The smallest absolute Gasteiger partial charge is 0.0416 e. The Morgan fingerprint density at radius 1 is 1.42 bits per heavy atom. The van der Waals surface area contributed by atoms with E-state index in [1.54, 1.807) is 0 Å². The number of rotatable bonds is 9. The normalized spacial score (nSPS) is 16.8. The molecule has 1 fully saturated rings. The third-order valence-corrected chi connectivity index (χ3v) is 3.83. The first-order valence-electron chi connectivity index (χ1n) is 7.61. The van der Waals surface area contributed by atoms with E-state index in [1.165, 1.54) is 25.0 Å². The molecule has 2 rings (SSSR count). The first kappa shape index (κ1) is 14.5. The highest BCUT2D eigenvalue weighted by atomic mass is 15.1. The lowest BCUT2D eigenvalue weighted by Gasteiger charge is -2.25. The minimum absolute atomic E-state index is 0.689. The third-order valence-electron chi connectivity index (χ3n) is 3.83. The van der Waals surface area contributed by atoms with Gasteiger partial charge in [0.25, 0.3) is 0 Å². The van der Waals surface area contributed by atoms with Gasteiger partial charge in [0.2, 0.25) is 0 Å². The van der Waals surface area contributed by atoms with Crippen molar-refractivity contribution >= 4 is 0 Å². The van der Waals surface area contributed by atoms with Gasteiger partial charge < -0.3 is 10.2 Å². The molecule has 1 N–H and O–H groups in total. The van der Waals surface area contributed by atoms with Gasteiger partial charge in [-0.1, -0.05) is 13.0 Å². The van der Waals surface area contributed by atoms with Crippen LogP contribution >= 0.6 is 0 Å². The summed E-state index contributed by atoms with van der Waals surface area (Å²) >= 11 is 0. The highest BCUT2D eigenvalue weighted by molar-refractivity contribution is 5.03. The zero-order chi connectivity index (χ0) is 13.5. The number of hydrogen-bond donors (Lipinski definition) is 1. The second kappa shape index (κ2) is 7.61. The van der Waals surface area contributed by atoms with Crippen LogP contribution in [0.25, 0.3) is 0 Å². The minimum Gasteiger partial charge on any atom is -0.312 e. The molecule has 1 atom stereocenters. The van der Waals surface area contributed by atoms with Crippen molar-refractivity contribution in [3.05, 3.63) is 30.1 Å². The van der Waals surface area contributed by atoms with Crippen molar-refractivity contribution in [2.24, 2.45) is 5.92 Å². The van der Waals surface area contributed by atoms with Crippen LogP contribution in [0, 0.1) is 5.92 Å². The summed E-state index contributed by atoms with van der Waals surface area (Å²) in [6.07, 6.45) is 6.97. The molecule has 0 spiro atoms. The first-order valence-corrected chi connectivity index (χ1v) is 7.61. The number of aromatic nitrogens is 1. The fourth-order valence-electron chi connectivity index (χ4n) is 2.49. The average Bonchev–Trinajstić information content (AvgIpc) is 3.27. The van der Waals surface area contributed by atoms with Gasteiger partial charge in [-0.15, -0.1) is 0 Å². The summed E-state index contributed by atoms with van der Waals surface area (Å²) in [4.78, 5) is 6.83. The summed E-state index contributed by atoms with van der Waals surface area (Å²) in [5.74, 6) is 0.920. The van der Waals surface area contributed by atoms with E-state index in [1.807, 2.05) is 12.3 Å². The van der Waals surface area contributed by atoms with E-state index in [4.69, 9.17) is 0 Å². The van der Waals surface area contributed by atoms with Crippen LogP contribution in [0.4, 0.5) is 0 Å². The van der Waals surface area contributed by atoms with Gasteiger partial charge in [-0.3, -0.25) is 4.98 Å². The SMILES string of the molecule is CCCNC(CN(C)CCc1ccccn1)C1CC1. The molecule has 0 aliphatic heterocycles. The molecule has 0 radical (unpaired) electrons. The van der Waals surface area contributed by atoms with E-state index < -0.39 is 0 Å². The number of nitrogens with zero attached hydrogens (tertiary/aromatic N) is 2. The van der Waals surface area contributed by atoms with E-state index in [0.717, 1.165) is 32.0 Å². The number of pyridine rings is 1. The molecule has 1 aliphatic rings. The van der Waals surface area contributed by atoms with E-state index in [9.17, 15) is 0 Å². The second-order valence-corrected chi connectivity index (χ2v) is 5.73. The molecule has 1 heterocycles. The van der Waals surface area contributed by atoms with Gasteiger partial charge in [-0.25, -0.2) is 0 Å². The average molecular weight is 261 g/mol. The maximum Gasteiger partial charge on any atom is 0.0416 e. The predicted octanol–water partition coefficient (Wildman–Crippen LogP) is 2.33. The summed E-state index contributed by atoms with van der Waals surface area (Å²) < 4.78 is 0. The van der Waals surface area contributed by atoms with Gasteiger partial charge in [0.05, 0.1) is 0 Å². The van der Waals surface area contributed by atoms with Crippen molar-refractivity contribution in [2.75, 3.05) is 26.7 Å². The highest BCUT2D eigenvalue weighted by Gasteiger charge is 2.31. The van der Waals surface area contributed by atoms with Crippen molar-refractivity contribution in [3.63, 3.8) is 0 Å². The van der Waals surface area contributed by atoms with Crippen LogP contribution in [0.3, 0.4) is 0 Å². The van der Waals surface area contributed by atoms with Gasteiger partial charge in [0, 0.05) is 37.4 Å². The van der Waals surface area contributed by atoms with Crippen LogP contribution in [0.5, 0.6) is 0 Å². The minimum atomic E-state index is 0.689. The Labute approximate surface area is 117 Å². The Bertz CT molecular complexity index is 348. The summed E-state index contributed by atoms with van der Waals surface area (Å²) in [7, 11) is 2.23. The highest BCUT2D eigenvalue weighted by Crippen LogP contribution is 2.32. The van der Waals surface area contributed by atoms with Gasteiger partial charge in [-0.05, 0) is 50.9 Å². The van der Waals surface area contributed by atoms with Gasteiger partial charge in [-0.2, -0.15) is 0 Å². The molecule has 1 aliphatic carbocycles. The Morgan fingerprint density at radius 2 is 2.26 bits per heavy atom. The monoisotopic (exact) mass is 261 g/mol. The van der Waals surface area contributed by atoms with Crippen LogP contribution < -0.4 is 5.32 Å². The molecular weight excluding hydrogens is 234 g/mol. The molecule has 1 aromatic rings. The molecule has 3 nitrogen and oxygen atoms in total. The molecule has 0 bridgehead atoms. The van der Waals surface area contributed by atoms with Gasteiger partial charge in [0.1, 0.15) is 0 Å². The molecule has 3 heteroatoms. The third kappa shape index (κ3) is 5.29. The number of nitrogens with one attached hydrogen (secondary N) is 1. The largest absolute Gasteiger partial charge is 0.312 e. The van der Waals surface area contributed by atoms with Crippen LogP contribution in [0.1, 0.15) is 31.9 Å². The molecule has 1 saturated carbocycles. The lowest BCUT2D eigenvalue weighted by atomic mass is 10.1. The van der Waals surface area contributed by atoms with Crippen LogP contribution in [0.2, 0.25) is 0 Å². The van der Waals surface area contributed by atoms with Crippen LogP contribution in [-0.4, -0.2) is 42.6 Å². The first-order chi connectivity index (χ1) is 9.29. The summed E-state index contributed by atoms with van der Waals surface area (Å²) in [6.45, 7) is 5.64. The zero-order valence-corrected chi connectivity index (χ0v) is 12.3. The van der Waals surface area contributed by atoms with Crippen LogP contribution in [0.15, 0.2) is 24.4 Å². The van der Waals surface area contributed by atoms with E-state index in [-0.39, 0.29) is 0 Å². The molecule has 106 valence electrons. The summed E-state index contributed by atoms with van der Waals surface area (Å²) in [6, 6.07) is 6.85. The van der Waals surface area contributed by atoms with E-state index in [2.05, 4.69) is 41.3 Å². The molecule has 0 amide bonds. The molecule has 19 heavy (non-hydrogen) atoms. The van der Waals surface area contributed by atoms with Crippen molar-refractivity contribution in [1.82, 2.24) is 15.2 Å². The maximum atomic E-state index is 4.38. The standard InChI is InChI=1S/C16H27N3/c1-3-10-18-16(14-7-8-14)13-19(2)12-9-15-6-4-5-11-17-15/h4-6,11,14,16,18H,3,7-10,12-13H2,1-2H3. The molecule has 1 unspecified atom stereocenters. The summed E-state index contributed by atoms with van der Waals surface area (Å²) in [5, 5.41) is 3.70. The van der Waals surface area contributed by atoms with Gasteiger partial charge in [0.15, 0.2) is 0 Å². The van der Waals surface area contributed by atoms with E-state index >= 15 is 0 Å². The molecule has 0 aromatic carbocycles. The summed E-state index contributed by atoms with van der Waals surface area (Å²) in [5.41, 5.74) is 1.19. The quantitative estimate of drug-likeness (QED) is 0.739. The van der Waals surface area contributed by atoms with Crippen molar-refractivity contribution in [1.29, 1.82) is 0 Å². The van der Waals surface area contributed by atoms with Crippen molar-refractivity contribution < 1.29 is 0 Å². The maximum absolute atomic E-state index is 4.38. The fraction of sp³-hybridized carbons (Fsp3) is 0.688.